The third-order valence-electron chi connectivity index (χ3n) is 3.19. The molecule has 19 heavy (non-hydrogen) atoms. The van der Waals surface area contributed by atoms with Crippen molar-refractivity contribution in [1.29, 1.82) is 0 Å². The van der Waals surface area contributed by atoms with Crippen molar-refractivity contribution in [3.63, 3.8) is 0 Å². The van der Waals surface area contributed by atoms with Crippen molar-refractivity contribution in [2.24, 2.45) is 5.92 Å². The highest BCUT2D eigenvalue weighted by Gasteiger charge is 2.27. The Kier molecular flexibility index (Phi) is 4.66. The SMILES string of the molecule is Cc1csc(CNC(C)C)c1S(=O)(=O)NCC1CC1. The lowest BCUT2D eigenvalue weighted by atomic mass is 10.3. The molecule has 0 atom stereocenters. The van der Waals surface area contributed by atoms with Crippen LogP contribution in [-0.4, -0.2) is 21.0 Å². The zero-order chi connectivity index (χ0) is 14.0. The van der Waals surface area contributed by atoms with Crippen molar-refractivity contribution in [3.8, 4) is 0 Å². The standard InChI is InChI=1S/C13H22N2O2S2/c1-9(2)14-7-12-13(10(3)8-18-12)19(16,17)15-6-11-4-5-11/h8-9,11,14-15H,4-7H2,1-3H3. The molecular weight excluding hydrogens is 280 g/mol. The van der Waals surface area contributed by atoms with Gasteiger partial charge >= 0.3 is 0 Å². The van der Waals surface area contributed by atoms with Crippen molar-refractivity contribution in [2.75, 3.05) is 6.54 Å². The first-order valence-corrected chi connectivity index (χ1v) is 9.06. The summed E-state index contributed by atoms with van der Waals surface area (Å²) >= 11 is 1.51. The lowest BCUT2D eigenvalue weighted by molar-refractivity contribution is 0.568. The molecule has 1 aliphatic carbocycles. The molecular formula is C13H22N2O2S2. The predicted octanol–water partition coefficient (Wildman–Crippen LogP) is 2.24. The molecule has 6 heteroatoms. The molecule has 4 nitrogen and oxygen atoms in total. The van der Waals surface area contributed by atoms with Crippen LogP contribution in [0.2, 0.25) is 0 Å². The molecule has 108 valence electrons. The number of hydrogen-bond acceptors (Lipinski definition) is 4. The molecule has 0 bridgehead atoms. The molecule has 0 aromatic carbocycles. The van der Waals surface area contributed by atoms with Gasteiger partial charge < -0.3 is 5.32 Å². The van der Waals surface area contributed by atoms with Gasteiger partial charge in [-0.3, -0.25) is 0 Å². The van der Waals surface area contributed by atoms with Gasteiger partial charge in [0.25, 0.3) is 0 Å². The Morgan fingerprint density at radius 1 is 1.42 bits per heavy atom. The fraction of sp³-hybridized carbons (Fsp3) is 0.692. The summed E-state index contributed by atoms with van der Waals surface area (Å²) < 4.78 is 27.5. The summed E-state index contributed by atoms with van der Waals surface area (Å²) in [5.41, 5.74) is 0.842. The molecule has 1 aromatic rings. The van der Waals surface area contributed by atoms with Crippen LogP contribution in [0.1, 0.15) is 37.1 Å². The molecule has 0 unspecified atom stereocenters. The predicted molar refractivity (Wildman–Crippen MR) is 78.9 cm³/mol. The highest BCUT2D eigenvalue weighted by atomic mass is 32.2. The molecule has 0 radical (unpaired) electrons. The summed E-state index contributed by atoms with van der Waals surface area (Å²) in [5.74, 6) is 0.547. The van der Waals surface area contributed by atoms with Gasteiger partial charge in [0.15, 0.2) is 0 Å². The number of rotatable bonds is 7. The van der Waals surface area contributed by atoms with Gasteiger partial charge in [-0.05, 0) is 36.6 Å². The van der Waals surface area contributed by atoms with E-state index < -0.39 is 10.0 Å². The maximum absolute atomic E-state index is 12.4. The number of thiophene rings is 1. The van der Waals surface area contributed by atoms with Crippen LogP contribution in [0.5, 0.6) is 0 Å². The molecule has 0 saturated heterocycles. The van der Waals surface area contributed by atoms with Crippen LogP contribution in [-0.2, 0) is 16.6 Å². The van der Waals surface area contributed by atoms with Crippen LogP contribution in [0, 0.1) is 12.8 Å². The van der Waals surface area contributed by atoms with Crippen LogP contribution < -0.4 is 10.0 Å². The Labute approximate surface area is 119 Å². The Balaban J connectivity index is 2.14. The van der Waals surface area contributed by atoms with Crippen LogP contribution in [0.4, 0.5) is 0 Å². The van der Waals surface area contributed by atoms with Crippen molar-refractivity contribution < 1.29 is 8.42 Å². The molecule has 2 rings (SSSR count). The third-order valence-corrected chi connectivity index (χ3v) is 6.07. The van der Waals surface area contributed by atoms with E-state index in [0.29, 0.717) is 29.9 Å². The van der Waals surface area contributed by atoms with E-state index in [0.717, 1.165) is 23.3 Å². The second-order valence-electron chi connectivity index (χ2n) is 5.50. The summed E-state index contributed by atoms with van der Waals surface area (Å²) in [6, 6.07) is 0.345. The van der Waals surface area contributed by atoms with Gasteiger partial charge in [-0.15, -0.1) is 11.3 Å². The Hall–Kier alpha value is -0.430. The average molecular weight is 302 g/mol. The number of sulfonamides is 1. The van der Waals surface area contributed by atoms with Gasteiger partial charge in [-0.2, -0.15) is 0 Å². The van der Waals surface area contributed by atoms with Gasteiger partial charge in [0.2, 0.25) is 10.0 Å². The van der Waals surface area contributed by atoms with E-state index in [1.165, 1.54) is 11.3 Å². The highest BCUT2D eigenvalue weighted by molar-refractivity contribution is 7.89. The van der Waals surface area contributed by atoms with E-state index in [1.54, 1.807) is 0 Å². The number of hydrogen-bond donors (Lipinski definition) is 2. The summed E-state index contributed by atoms with van der Waals surface area (Å²) in [7, 11) is -3.36. The first-order chi connectivity index (χ1) is 8.90. The molecule has 0 spiro atoms. The largest absolute Gasteiger partial charge is 0.310 e. The quantitative estimate of drug-likeness (QED) is 0.812. The molecule has 1 saturated carbocycles. The minimum absolute atomic E-state index is 0.345. The molecule has 1 heterocycles. The molecule has 1 aliphatic rings. The maximum atomic E-state index is 12.4. The Morgan fingerprint density at radius 2 is 2.11 bits per heavy atom. The van der Waals surface area contributed by atoms with E-state index in [4.69, 9.17) is 0 Å². The third kappa shape index (κ3) is 4.02. The van der Waals surface area contributed by atoms with Crippen LogP contribution >= 0.6 is 11.3 Å². The molecule has 0 aliphatic heterocycles. The van der Waals surface area contributed by atoms with Crippen LogP contribution in [0.15, 0.2) is 10.3 Å². The Bertz CT molecular complexity index is 531. The lowest BCUT2D eigenvalue weighted by Gasteiger charge is -2.11. The van der Waals surface area contributed by atoms with E-state index in [2.05, 4.69) is 23.9 Å². The normalized spacial score (nSPS) is 16.2. The lowest BCUT2D eigenvalue weighted by Crippen LogP contribution is -2.28. The molecule has 0 amide bonds. The Morgan fingerprint density at radius 3 is 2.68 bits per heavy atom. The zero-order valence-corrected chi connectivity index (χ0v) is 13.3. The van der Waals surface area contributed by atoms with Gasteiger partial charge in [-0.25, -0.2) is 13.1 Å². The topological polar surface area (TPSA) is 58.2 Å². The summed E-state index contributed by atoms with van der Waals surface area (Å²) in [6.45, 7) is 7.16. The minimum Gasteiger partial charge on any atom is -0.310 e. The van der Waals surface area contributed by atoms with Gasteiger partial charge in [0.05, 0.1) is 0 Å². The fourth-order valence-electron chi connectivity index (χ4n) is 1.89. The smallest absolute Gasteiger partial charge is 0.241 e. The highest BCUT2D eigenvalue weighted by Crippen LogP contribution is 2.30. The van der Waals surface area contributed by atoms with Crippen LogP contribution in [0.25, 0.3) is 0 Å². The molecule has 1 aromatic heterocycles. The van der Waals surface area contributed by atoms with Crippen LogP contribution in [0.3, 0.4) is 0 Å². The maximum Gasteiger partial charge on any atom is 0.241 e. The average Bonchev–Trinajstić information content (AvgIpc) is 3.07. The monoisotopic (exact) mass is 302 g/mol. The van der Waals surface area contributed by atoms with Crippen molar-refractivity contribution >= 4 is 21.4 Å². The summed E-state index contributed by atoms with van der Waals surface area (Å²) in [4.78, 5) is 1.38. The minimum atomic E-state index is -3.36. The second kappa shape index (κ2) is 5.91. The molecule has 2 N–H and O–H groups in total. The molecule has 1 fully saturated rings. The van der Waals surface area contributed by atoms with Gasteiger partial charge in [0.1, 0.15) is 4.90 Å². The zero-order valence-electron chi connectivity index (χ0n) is 11.7. The summed E-state index contributed by atoms with van der Waals surface area (Å²) in [6.07, 6.45) is 2.29. The van der Waals surface area contributed by atoms with Gasteiger partial charge in [0, 0.05) is 24.0 Å². The van der Waals surface area contributed by atoms with Crippen molar-refractivity contribution in [3.05, 3.63) is 15.8 Å². The first kappa shape index (κ1) is 15.0. The van der Waals surface area contributed by atoms with E-state index in [9.17, 15) is 8.42 Å². The second-order valence-corrected chi connectivity index (χ2v) is 8.17. The first-order valence-electron chi connectivity index (χ1n) is 6.70. The van der Waals surface area contributed by atoms with Crippen molar-refractivity contribution in [1.82, 2.24) is 10.0 Å². The fourth-order valence-corrected chi connectivity index (χ4v) is 4.76. The van der Waals surface area contributed by atoms with E-state index in [-0.39, 0.29) is 0 Å². The van der Waals surface area contributed by atoms with E-state index in [1.807, 2.05) is 12.3 Å². The van der Waals surface area contributed by atoms with Gasteiger partial charge in [-0.1, -0.05) is 13.8 Å². The van der Waals surface area contributed by atoms with Crippen molar-refractivity contribution in [2.45, 2.75) is 51.1 Å². The summed E-state index contributed by atoms with van der Waals surface area (Å²) in [5, 5.41) is 5.20. The van der Waals surface area contributed by atoms with E-state index >= 15 is 0 Å². The number of aryl methyl sites for hydroxylation is 1. The number of nitrogens with one attached hydrogen (secondary N) is 2.